The molecule has 1 heterocycles. The van der Waals surface area contributed by atoms with Crippen molar-refractivity contribution in [2.24, 2.45) is 0 Å². The van der Waals surface area contributed by atoms with E-state index in [2.05, 4.69) is 5.32 Å². The third-order valence-corrected chi connectivity index (χ3v) is 2.05. The molecule has 0 aromatic heterocycles. The second-order valence-electron chi connectivity index (χ2n) is 2.60. The van der Waals surface area contributed by atoms with Crippen LogP contribution < -0.4 is 5.32 Å². The molecule has 0 saturated carbocycles. The Morgan fingerprint density at radius 2 is 2.00 bits per heavy atom. The Labute approximate surface area is 77.5 Å². The minimum atomic E-state index is -0.753. The van der Waals surface area contributed by atoms with Gasteiger partial charge in [0, 0.05) is 0 Å². The van der Waals surface area contributed by atoms with Crippen LogP contribution in [0.4, 0.5) is 10.1 Å². The van der Waals surface area contributed by atoms with E-state index >= 15 is 0 Å². The molecular weight excluding hydrogens is 197 g/mol. The van der Waals surface area contributed by atoms with Gasteiger partial charge in [-0.1, -0.05) is 11.6 Å². The summed E-state index contributed by atoms with van der Waals surface area (Å²) < 4.78 is 12.8. The molecule has 2 rings (SSSR count). The molecule has 1 aromatic rings. The molecule has 0 spiro atoms. The highest BCUT2D eigenvalue weighted by Gasteiger charge is 2.28. The van der Waals surface area contributed by atoms with Crippen LogP contribution in [0, 0.1) is 5.82 Å². The maximum atomic E-state index is 12.8. The second kappa shape index (κ2) is 2.53. The van der Waals surface area contributed by atoms with Gasteiger partial charge in [-0.25, -0.2) is 4.39 Å². The average Bonchev–Trinajstić information content (AvgIpc) is 2.32. The second-order valence-corrected chi connectivity index (χ2v) is 3.00. The van der Waals surface area contributed by atoms with Gasteiger partial charge < -0.3 is 5.32 Å². The lowest BCUT2D eigenvalue weighted by atomic mass is 10.1. The number of halogens is 2. The van der Waals surface area contributed by atoms with Crippen molar-refractivity contribution in [3.05, 3.63) is 28.5 Å². The highest BCUT2D eigenvalue weighted by atomic mass is 35.5. The number of rotatable bonds is 0. The van der Waals surface area contributed by atoms with E-state index in [0.717, 1.165) is 12.1 Å². The number of ketones is 1. The Balaban J connectivity index is 2.66. The molecule has 0 aliphatic carbocycles. The molecule has 0 saturated heterocycles. The van der Waals surface area contributed by atoms with Crippen molar-refractivity contribution < 1.29 is 14.0 Å². The molecule has 1 aromatic carbocycles. The summed E-state index contributed by atoms with van der Waals surface area (Å²) in [6.45, 7) is 0. The lowest BCUT2D eigenvalue weighted by molar-refractivity contribution is -0.112. The van der Waals surface area contributed by atoms with Crippen LogP contribution in [-0.2, 0) is 4.79 Å². The number of carbonyl (C=O) groups excluding carboxylic acids is 2. The number of carbonyl (C=O) groups is 2. The molecule has 5 heteroatoms. The van der Waals surface area contributed by atoms with Gasteiger partial charge in [-0.2, -0.15) is 0 Å². The van der Waals surface area contributed by atoms with E-state index in [1.807, 2.05) is 0 Å². The van der Waals surface area contributed by atoms with Crippen LogP contribution in [0.15, 0.2) is 12.1 Å². The predicted octanol–water partition coefficient (Wildman–Crippen LogP) is 1.61. The van der Waals surface area contributed by atoms with Crippen LogP contribution in [-0.4, -0.2) is 11.7 Å². The summed E-state index contributed by atoms with van der Waals surface area (Å²) in [7, 11) is 0. The fourth-order valence-corrected chi connectivity index (χ4v) is 1.30. The third-order valence-electron chi connectivity index (χ3n) is 1.76. The summed E-state index contributed by atoms with van der Waals surface area (Å²) in [6.07, 6.45) is 0. The fourth-order valence-electron chi connectivity index (χ4n) is 1.14. The Morgan fingerprint density at radius 1 is 1.31 bits per heavy atom. The quantitative estimate of drug-likeness (QED) is 0.646. The Hall–Kier alpha value is -1.42. The van der Waals surface area contributed by atoms with Gasteiger partial charge in [0.25, 0.3) is 11.7 Å². The molecule has 0 unspecified atom stereocenters. The molecule has 3 nitrogen and oxygen atoms in total. The van der Waals surface area contributed by atoms with Gasteiger partial charge in [0.05, 0.1) is 16.3 Å². The molecule has 0 bridgehead atoms. The summed E-state index contributed by atoms with van der Waals surface area (Å²) in [5.74, 6) is -2.09. The van der Waals surface area contributed by atoms with Gasteiger partial charge in [-0.15, -0.1) is 0 Å². The Kier molecular flexibility index (Phi) is 1.60. The monoisotopic (exact) mass is 199 g/mol. The van der Waals surface area contributed by atoms with Gasteiger partial charge in [-0.05, 0) is 12.1 Å². The first kappa shape index (κ1) is 8.19. The number of benzene rings is 1. The fraction of sp³-hybridized carbons (Fsp3) is 0. The minimum Gasteiger partial charge on any atom is -0.318 e. The maximum Gasteiger partial charge on any atom is 0.296 e. The van der Waals surface area contributed by atoms with Gasteiger partial charge in [0.2, 0.25) is 0 Å². The molecule has 0 atom stereocenters. The van der Waals surface area contributed by atoms with E-state index in [-0.39, 0.29) is 16.3 Å². The number of hydrogen-bond acceptors (Lipinski definition) is 2. The average molecular weight is 200 g/mol. The molecule has 0 fully saturated rings. The standard InChI is InChI=1S/C8H3ClFNO2/c9-4-1-3-6(2-5(4)10)11-8(13)7(3)12/h1-2H,(H,11,12,13). The first-order chi connectivity index (χ1) is 6.09. The normalized spacial score (nSPS) is 14.3. The number of amides is 1. The van der Waals surface area contributed by atoms with E-state index in [1.165, 1.54) is 0 Å². The highest BCUT2D eigenvalue weighted by Crippen LogP contribution is 2.28. The largest absolute Gasteiger partial charge is 0.318 e. The molecule has 1 N–H and O–H groups in total. The van der Waals surface area contributed by atoms with E-state index in [0.29, 0.717) is 0 Å². The Morgan fingerprint density at radius 3 is 2.69 bits per heavy atom. The lowest BCUT2D eigenvalue weighted by Gasteiger charge is -1.97. The number of nitrogens with one attached hydrogen (secondary N) is 1. The molecular formula is C8H3ClFNO2. The van der Waals surface area contributed by atoms with Crippen molar-refractivity contribution in [1.29, 1.82) is 0 Å². The molecule has 0 radical (unpaired) electrons. The topological polar surface area (TPSA) is 46.2 Å². The summed E-state index contributed by atoms with van der Waals surface area (Å²) in [5, 5.41) is 2.06. The lowest BCUT2D eigenvalue weighted by Crippen LogP contribution is -2.12. The highest BCUT2D eigenvalue weighted by molar-refractivity contribution is 6.52. The van der Waals surface area contributed by atoms with Crippen molar-refractivity contribution in [3.63, 3.8) is 0 Å². The summed E-state index contributed by atoms with van der Waals surface area (Å²) in [4.78, 5) is 21.9. The van der Waals surface area contributed by atoms with Crippen LogP contribution in [0.1, 0.15) is 10.4 Å². The molecule has 66 valence electrons. The van der Waals surface area contributed by atoms with Crippen LogP contribution >= 0.6 is 11.6 Å². The number of Topliss-reactive ketones (excluding diaryl/α,β-unsaturated/α-hetero) is 1. The molecule has 1 amide bonds. The van der Waals surface area contributed by atoms with Crippen LogP contribution in [0.2, 0.25) is 5.02 Å². The van der Waals surface area contributed by atoms with Crippen molar-refractivity contribution in [2.75, 3.05) is 5.32 Å². The van der Waals surface area contributed by atoms with Crippen molar-refractivity contribution in [2.45, 2.75) is 0 Å². The van der Waals surface area contributed by atoms with E-state index in [4.69, 9.17) is 11.6 Å². The van der Waals surface area contributed by atoms with Gasteiger partial charge in [0.15, 0.2) is 0 Å². The predicted molar refractivity (Wildman–Crippen MR) is 44.4 cm³/mol. The smallest absolute Gasteiger partial charge is 0.296 e. The summed E-state index contributed by atoms with van der Waals surface area (Å²) in [6, 6.07) is 2.17. The van der Waals surface area contributed by atoms with Gasteiger partial charge in [0.1, 0.15) is 5.82 Å². The van der Waals surface area contributed by atoms with E-state index in [9.17, 15) is 14.0 Å². The SMILES string of the molecule is O=C1Nc2cc(F)c(Cl)cc2C1=O. The summed E-state index contributed by atoms with van der Waals surface area (Å²) >= 11 is 5.44. The van der Waals surface area contributed by atoms with Crippen LogP contribution in [0.25, 0.3) is 0 Å². The number of fused-ring (bicyclic) bond motifs is 1. The minimum absolute atomic E-state index is 0.122. The van der Waals surface area contributed by atoms with Gasteiger partial charge in [-0.3, -0.25) is 9.59 Å². The third kappa shape index (κ3) is 1.10. The van der Waals surface area contributed by atoms with Crippen LogP contribution in [0.5, 0.6) is 0 Å². The Bertz CT molecular complexity index is 430. The maximum absolute atomic E-state index is 12.8. The zero-order chi connectivity index (χ0) is 9.59. The zero-order valence-electron chi connectivity index (χ0n) is 6.23. The van der Waals surface area contributed by atoms with Crippen molar-refractivity contribution in [3.8, 4) is 0 Å². The van der Waals surface area contributed by atoms with Crippen LogP contribution in [0.3, 0.4) is 0 Å². The van der Waals surface area contributed by atoms with E-state index < -0.39 is 17.5 Å². The van der Waals surface area contributed by atoms with Crippen molar-refractivity contribution >= 4 is 29.0 Å². The number of anilines is 1. The zero-order valence-corrected chi connectivity index (χ0v) is 6.98. The summed E-state index contributed by atoms with van der Waals surface area (Å²) in [5.41, 5.74) is 0.299. The molecule has 1 aliphatic heterocycles. The van der Waals surface area contributed by atoms with Crippen molar-refractivity contribution in [1.82, 2.24) is 0 Å². The first-order valence-corrected chi connectivity index (χ1v) is 3.82. The van der Waals surface area contributed by atoms with E-state index in [1.54, 1.807) is 0 Å². The molecule has 1 aliphatic rings. The first-order valence-electron chi connectivity index (χ1n) is 3.44. The molecule has 13 heavy (non-hydrogen) atoms. The number of hydrogen-bond donors (Lipinski definition) is 1. The van der Waals surface area contributed by atoms with Gasteiger partial charge >= 0.3 is 0 Å².